The number of rotatable bonds is 4. The molecule has 0 saturated heterocycles. The summed E-state index contributed by atoms with van der Waals surface area (Å²) in [7, 11) is -2.27. The van der Waals surface area contributed by atoms with Gasteiger partial charge in [-0.15, -0.1) is 0 Å². The molecule has 1 aliphatic rings. The number of benzene rings is 3. The molecule has 2 heterocycles. The number of anilines is 2. The van der Waals surface area contributed by atoms with Crippen molar-refractivity contribution in [2.75, 3.05) is 10.0 Å². The summed E-state index contributed by atoms with van der Waals surface area (Å²) >= 11 is 6.25. The van der Waals surface area contributed by atoms with Crippen molar-refractivity contribution in [2.45, 2.75) is 18.0 Å². The molecule has 1 aromatic heterocycles. The third-order valence-corrected chi connectivity index (χ3v) is 7.31. The Kier molecular flexibility index (Phi) is 5.22. The monoisotopic (exact) mass is 481 g/mol. The number of aryl methyl sites for hydroxylation is 1. The zero-order valence-corrected chi connectivity index (χ0v) is 19.2. The number of carbonyl (C=O) groups excluding carboxylic acids is 1. The van der Waals surface area contributed by atoms with E-state index in [1.165, 1.54) is 10.7 Å². The fourth-order valence-electron chi connectivity index (χ4n) is 4.00. The molecule has 2 amide bonds. The molecule has 168 valence electrons. The first-order valence-corrected chi connectivity index (χ1v) is 12.1. The van der Waals surface area contributed by atoms with Crippen molar-refractivity contribution in [3.63, 3.8) is 0 Å². The average Bonchev–Trinajstić information content (AvgIpc) is 3.33. The maximum Gasteiger partial charge on any atom is 0.322 e. The molecule has 10 heteroatoms. The molecular weight excluding hydrogens is 462 g/mol. The molecule has 5 rings (SSSR count). The number of carbonyl (C=O) groups is 1. The van der Waals surface area contributed by atoms with Gasteiger partial charge in [0.05, 0.1) is 23.7 Å². The van der Waals surface area contributed by atoms with Crippen molar-refractivity contribution in [1.82, 2.24) is 14.7 Å². The largest absolute Gasteiger partial charge is 0.322 e. The molecule has 0 spiro atoms. The van der Waals surface area contributed by atoms with Crippen LogP contribution < -0.4 is 10.0 Å². The van der Waals surface area contributed by atoms with E-state index in [0.29, 0.717) is 38.6 Å². The highest BCUT2D eigenvalue weighted by Crippen LogP contribution is 2.33. The zero-order valence-electron chi connectivity index (χ0n) is 17.6. The molecule has 0 atom stereocenters. The summed E-state index contributed by atoms with van der Waals surface area (Å²) in [5, 5.41) is 8.93. The van der Waals surface area contributed by atoms with Crippen LogP contribution in [0.3, 0.4) is 0 Å². The topological polar surface area (TPSA) is 96.3 Å². The Balaban J connectivity index is 1.42. The highest BCUT2D eigenvalue weighted by atomic mass is 35.5. The number of nitrogens with one attached hydrogen (secondary N) is 2. The number of amides is 2. The molecule has 0 unspecified atom stereocenters. The van der Waals surface area contributed by atoms with Gasteiger partial charge in [0.15, 0.2) is 0 Å². The van der Waals surface area contributed by atoms with Crippen molar-refractivity contribution in [3.8, 4) is 0 Å². The summed E-state index contributed by atoms with van der Waals surface area (Å²) in [4.78, 5) is 14.4. The smallest absolute Gasteiger partial charge is 0.314 e. The molecule has 0 bridgehead atoms. The minimum Gasteiger partial charge on any atom is -0.314 e. The Morgan fingerprint density at radius 3 is 2.48 bits per heavy atom. The fraction of sp³-hybridized carbons (Fsp3) is 0.130. The van der Waals surface area contributed by atoms with Crippen LogP contribution in [0.4, 0.5) is 16.3 Å². The van der Waals surface area contributed by atoms with Crippen LogP contribution in [0.15, 0.2) is 71.6 Å². The van der Waals surface area contributed by atoms with Gasteiger partial charge in [0, 0.05) is 34.1 Å². The third kappa shape index (κ3) is 3.90. The summed E-state index contributed by atoms with van der Waals surface area (Å²) in [6, 6.07) is 19.0. The number of fused-ring (bicyclic) bond motifs is 2. The van der Waals surface area contributed by atoms with Gasteiger partial charge in [0.1, 0.15) is 5.82 Å². The first-order valence-electron chi connectivity index (χ1n) is 10.2. The van der Waals surface area contributed by atoms with Crippen molar-refractivity contribution >= 4 is 49.9 Å². The number of hydrogen-bond acceptors (Lipinski definition) is 4. The summed E-state index contributed by atoms with van der Waals surface area (Å²) in [6.07, 6.45) is 0. The minimum absolute atomic E-state index is 0.120. The molecule has 0 aliphatic carbocycles. The lowest BCUT2D eigenvalue weighted by Gasteiger charge is -2.18. The van der Waals surface area contributed by atoms with Crippen LogP contribution >= 0.6 is 11.6 Å². The van der Waals surface area contributed by atoms with E-state index in [1.807, 2.05) is 18.2 Å². The first kappa shape index (κ1) is 21.3. The van der Waals surface area contributed by atoms with Gasteiger partial charge in [-0.25, -0.2) is 13.2 Å². The second-order valence-electron chi connectivity index (χ2n) is 7.75. The highest BCUT2D eigenvalue weighted by molar-refractivity contribution is 7.93. The third-order valence-electron chi connectivity index (χ3n) is 5.58. The number of aromatic nitrogens is 2. The van der Waals surface area contributed by atoms with Crippen LogP contribution in [-0.2, 0) is 30.2 Å². The average molecular weight is 482 g/mol. The molecule has 0 fully saturated rings. The number of urea groups is 1. The van der Waals surface area contributed by atoms with E-state index in [0.717, 1.165) is 0 Å². The Labute approximate surface area is 195 Å². The predicted octanol–water partition coefficient (Wildman–Crippen LogP) is 4.58. The Bertz CT molecular complexity index is 1490. The van der Waals surface area contributed by atoms with Gasteiger partial charge in [-0.05, 0) is 24.3 Å². The van der Waals surface area contributed by atoms with Crippen molar-refractivity contribution in [2.24, 2.45) is 7.05 Å². The molecule has 2 N–H and O–H groups in total. The number of nitrogens with zero attached hydrogens (tertiary/aromatic N) is 3. The summed E-state index contributed by atoms with van der Waals surface area (Å²) in [5.74, 6) is 0.332. The van der Waals surface area contributed by atoms with E-state index in [9.17, 15) is 13.2 Å². The van der Waals surface area contributed by atoms with E-state index >= 15 is 0 Å². The Morgan fingerprint density at radius 2 is 1.70 bits per heavy atom. The van der Waals surface area contributed by atoms with Crippen molar-refractivity contribution in [1.29, 1.82) is 0 Å². The van der Waals surface area contributed by atoms with Crippen LogP contribution in [0.5, 0.6) is 0 Å². The summed E-state index contributed by atoms with van der Waals surface area (Å²) in [5.41, 5.74) is 2.00. The molecule has 8 nitrogen and oxygen atoms in total. The minimum atomic E-state index is -3.95. The fourth-order valence-corrected chi connectivity index (χ4v) is 5.58. The molecular formula is C23H20ClN5O3S. The van der Waals surface area contributed by atoms with Gasteiger partial charge < -0.3 is 10.2 Å². The second kappa shape index (κ2) is 8.09. The molecule has 0 radical (unpaired) electrons. The lowest BCUT2D eigenvalue weighted by Crippen LogP contribution is -2.31. The highest BCUT2D eigenvalue weighted by Gasteiger charge is 2.32. The molecule has 3 aromatic carbocycles. The van der Waals surface area contributed by atoms with Crippen LogP contribution in [0, 0.1) is 0 Å². The van der Waals surface area contributed by atoms with Crippen LogP contribution in [0.1, 0.15) is 11.3 Å². The van der Waals surface area contributed by atoms with Gasteiger partial charge in [-0.3, -0.25) is 9.40 Å². The number of hydrogen-bond donors (Lipinski definition) is 2. The number of para-hydroxylation sites is 1. The van der Waals surface area contributed by atoms with Crippen molar-refractivity contribution in [3.05, 3.63) is 83.0 Å². The molecule has 0 saturated carbocycles. The maximum atomic E-state index is 13.3. The molecule has 4 aromatic rings. The lowest BCUT2D eigenvalue weighted by atomic mass is 10.1. The first-order chi connectivity index (χ1) is 15.8. The lowest BCUT2D eigenvalue weighted by molar-refractivity contribution is 0.212. The van der Waals surface area contributed by atoms with Crippen LogP contribution in [-0.4, -0.2) is 29.1 Å². The predicted molar refractivity (Wildman–Crippen MR) is 128 cm³/mol. The standard InChI is InChI=1S/C23H20ClN5O3S/c1-28-22(27-33(31,32)21-12-6-9-16-17(21)10-5-11-19(16)24)18-13-29(14-20(18)26-28)23(30)25-15-7-3-2-4-8-15/h2-12,27H,13-14H2,1H3,(H,25,30). The van der Waals surface area contributed by atoms with E-state index in [-0.39, 0.29) is 24.0 Å². The Hall–Kier alpha value is -3.56. The second-order valence-corrected chi connectivity index (χ2v) is 9.80. The number of sulfonamides is 1. The Morgan fingerprint density at radius 1 is 0.970 bits per heavy atom. The SMILES string of the molecule is Cn1nc2c(c1NS(=O)(=O)c1cccc3c(Cl)cccc13)CN(C(=O)Nc1ccccc1)C2. The molecule has 1 aliphatic heterocycles. The molecule has 33 heavy (non-hydrogen) atoms. The van der Waals surface area contributed by atoms with Gasteiger partial charge in [-0.1, -0.05) is 54.1 Å². The van der Waals surface area contributed by atoms with Gasteiger partial charge >= 0.3 is 6.03 Å². The van der Waals surface area contributed by atoms with E-state index in [1.54, 1.807) is 54.4 Å². The zero-order chi connectivity index (χ0) is 23.2. The van der Waals surface area contributed by atoms with Gasteiger partial charge in [0.25, 0.3) is 10.0 Å². The summed E-state index contributed by atoms with van der Waals surface area (Å²) < 4.78 is 30.9. The summed E-state index contributed by atoms with van der Waals surface area (Å²) in [6.45, 7) is 0.522. The van der Waals surface area contributed by atoms with Crippen LogP contribution in [0.2, 0.25) is 5.02 Å². The van der Waals surface area contributed by atoms with Gasteiger partial charge in [0.2, 0.25) is 0 Å². The van der Waals surface area contributed by atoms with E-state index < -0.39 is 10.0 Å². The van der Waals surface area contributed by atoms with Crippen LogP contribution in [0.25, 0.3) is 10.8 Å². The van der Waals surface area contributed by atoms with Crippen molar-refractivity contribution < 1.29 is 13.2 Å². The van der Waals surface area contributed by atoms with E-state index in [4.69, 9.17) is 11.6 Å². The number of halogens is 1. The van der Waals surface area contributed by atoms with E-state index in [2.05, 4.69) is 15.1 Å². The normalized spacial score (nSPS) is 13.2. The maximum absolute atomic E-state index is 13.3. The van der Waals surface area contributed by atoms with Gasteiger partial charge in [-0.2, -0.15) is 5.10 Å². The quantitative estimate of drug-likeness (QED) is 0.446.